The fourth-order valence-electron chi connectivity index (χ4n) is 2.30. The topological polar surface area (TPSA) is 57.2 Å². The molecule has 0 unspecified atom stereocenters. The van der Waals surface area contributed by atoms with Gasteiger partial charge in [-0.15, -0.1) is 24.0 Å². The molecule has 1 aliphatic heterocycles. The van der Waals surface area contributed by atoms with Crippen molar-refractivity contribution in [1.29, 1.82) is 0 Å². The first-order valence-electron chi connectivity index (χ1n) is 8.41. The zero-order chi connectivity index (χ0) is 16.4. The van der Waals surface area contributed by atoms with Gasteiger partial charge in [0.1, 0.15) is 0 Å². The number of amides is 1. The fraction of sp³-hybridized carbons (Fsp3) is 0.875. The molecule has 1 heterocycles. The van der Waals surface area contributed by atoms with Gasteiger partial charge in [-0.25, -0.2) is 0 Å². The molecule has 0 radical (unpaired) electrons. The van der Waals surface area contributed by atoms with Crippen molar-refractivity contribution in [2.45, 2.75) is 34.1 Å². The summed E-state index contributed by atoms with van der Waals surface area (Å²) in [6.45, 7) is 14.3. The van der Waals surface area contributed by atoms with E-state index < -0.39 is 0 Å². The average molecular weight is 440 g/mol. The summed E-state index contributed by atoms with van der Waals surface area (Å²) >= 11 is 0. The lowest BCUT2D eigenvalue weighted by Crippen LogP contribution is -2.53. The first kappa shape index (κ1) is 22.4. The largest absolute Gasteiger partial charge is 0.380 e. The van der Waals surface area contributed by atoms with E-state index in [1.807, 2.05) is 4.90 Å². The van der Waals surface area contributed by atoms with E-state index in [1.165, 1.54) is 0 Å². The van der Waals surface area contributed by atoms with Crippen LogP contribution in [0.3, 0.4) is 0 Å². The predicted molar refractivity (Wildman–Crippen MR) is 105 cm³/mol. The fourth-order valence-corrected chi connectivity index (χ4v) is 2.30. The van der Waals surface area contributed by atoms with Gasteiger partial charge in [0.15, 0.2) is 5.96 Å². The number of hydrogen-bond donors (Lipinski definition) is 1. The first-order valence-corrected chi connectivity index (χ1v) is 8.41. The van der Waals surface area contributed by atoms with E-state index in [0.717, 1.165) is 51.7 Å². The van der Waals surface area contributed by atoms with Gasteiger partial charge in [0.25, 0.3) is 0 Å². The molecule has 1 aliphatic rings. The standard InChI is InChI=1S/C16H32N4O2.HI/c1-5-17-16(18-7-13-22-12-6-14(2)3)20-10-8-19(9-11-20)15(4)21;/h14H,5-13H2,1-4H3,(H,17,18);1H. The Balaban J connectivity index is 0.00000484. The van der Waals surface area contributed by atoms with E-state index in [1.54, 1.807) is 6.92 Å². The lowest BCUT2D eigenvalue weighted by atomic mass is 10.1. The maximum atomic E-state index is 11.4. The Hall–Kier alpha value is -0.570. The van der Waals surface area contributed by atoms with Crippen molar-refractivity contribution >= 4 is 35.8 Å². The van der Waals surface area contributed by atoms with Crippen LogP contribution in [0.25, 0.3) is 0 Å². The summed E-state index contributed by atoms with van der Waals surface area (Å²) in [5, 5.41) is 3.32. The van der Waals surface area contributed by atoms with E-state index in [0.29, 0.717) is 19.1 Å². The van der Waals surface area contributed by atoms with Crippen molar-refractivity contribution in [2.24, 2.45) is 10.9 Å². The smallest absolute Gasteiger partial charge is 0.219 e. The van der Waals surface area contributed by atoms with E-state index in [-0.39, 0.29) is 29.9 Å². The third kappa shape index (κ3) is 9.34. The monoisotopic (exact) mass is 440 g/mol. The number of nitrogens with zero attached hydrogens (tertiary/aromatic N) is 3. The molecule has 136 valence electrons. The van der Waals surface area contributed by atoms with Gasteiger partial charge in [0.05, 0.1) is 13.2 Å². The van der Waals surface area contributed by atoms with Crippen LogP contribution in [0.15, 0.2) is 4.99 Å². The first-order chi connectivity index (χ1) is 10.5. The highest BCUT2D eigenvalue weighted by Crippen LogP contribution is 2.03. The summed E-state index contributed by atoms with van der Waals surface area (Å²) in [5.74, 6) is 1.76. The van der Waals surface area contributed by atoms with Crippen molar-refractivity contribution in [2.75, 3.05) is 52.5 Å². The zero-order valence-electron chi connectivity index (χ0n) is 15.0. The number of ether oxygens (including phenoxy) is 1. The van der Waals surface area contributed by atoms with Crippen LogP contribution in [0.1, 0.15) is 34.1 Å². The van der Waals surface area contributed by atoms with E-state index in [2.05, 4.69) is 36.0 Å². The second-order valence-corrected chi connectivity index (χ2v) is 6.02. The van der Waals surface area contributed by atoms with Gasteiger partial charge in [-0.05, 0) is 19.3 Å². The summed E-state index contributed by atoms with van der Waals surface area (Å²) < 4.78 is 5.60. The van der Waals surface area contributed by atoms with Gasteiger partial charge < -0.3 is 19.9 Å². The van der Waals surface area contributed by atoms with Crippen LogP contribution in [0.4, 0.5) is 0 Å². The number of guanidine groups is 1. The number of rotatable bonds is 7. The molecule has 0 bridgehead atoms. The molecule has 0 aliphatic carbocycles. The normalized spacial score (nSPS) is 15.6. The third-order valence-corrected chi connectivity index (χ3v) is 3.70. The number of halogens is 1. The van der Waals surface area contributed by atoms with E-state index >= 15 is 0 Å². The maximum absolute atomic E-state index is 11.4. The molecule has 1 fully saturated rings. The molecule has 1 saturated heterocycles. The van der Waals surface area contributed by atoms with Gasteiger partial charge in [-0.2, -0.15) is 0 Å². The quantitative estimate of drug-likeness (QED) is 0.284. The number of carbonyl (C=O) groups excluding carboxylic acids is 1. The van der Waals surface area contributed by atoms with Crippen LogP contribution in [0.2, 0.25) is 0 Å². The molecular weight excluding hydrogens is 407 g/mol. The van der Waals surface area contributed by atoms with Gasteiger partial charge in [0, 0.05) is 46.3 Å². The molecule has 0 aromatic carbocycles. The molecule has 0 aromatic heterocycles. The maximum Gasteiger partial charge on any atom is 0.219 e. The van der Waals surface area contributed by atoms with Crippen LogP contribution < -0.4 is 5.32 Å². The van der Waals surface area contributed by atoms with E-state index in [4.69, 9.17) is 4.74 Å². The minimum Gasteiger partial charge on any atom is -0.380 e. The number of piperazine rings is 1. The lowest BCUT2D eigenvalue weighted by Gasteiger charge is -2.36. The van der Waals surface area contributed by atoms with Crippen LogP contribution in [0.5, 0.6) is 0 Å². The van der Waals surface area contributed by atoms with Crippen molar-refractivity contribution in [1.82, 2.24) is 15.1 Å². The number of hydrogen-bond acceptors (Lipinski definition) is 3. The Kier molecular flexibility index (Phi) is 12.5. The van der Waals surface area contributed by atoms with Crippen molar-refractivity contribution in [3.8, 4) is 0 Å². The van der Waals surface area contributed by atoms with Crippen LogP contribution in [0, 0.1) is 5.92 Å². The Morgan fingerprint density at radius 3 is 2.30 bits per heavy atom. The highest BCUT2D eigenvalue weighted by molar-refractivity contribution is 14.0. The van der Waals surface area contributed by atoms with Gasteiger partial charge in [-0.1, -0.05) is 13.8 Å². The van der Waals surface area contributed by atoms with Crippen LogP contribution >= 0.6 is 24.0 Å². The van der Waals surface area contributed by atoms with Crippen LogP contribution in [-0.4, -0.2) is 74.1 Å². The Morgan fingerprint density at radius 1 is 1.17 bits per heavy atom. The molecule has 1 N–H and O–H groups in total. The molecule has 23 heavy (non-hydrogen) atoms. The molecule has 0 saturated carbocycles. The Bertz CT molecular complexity index is 356. The lowest BCUT2D eigenvalue weighted by molar-refractivity contribution is -0.130. The average Bonchev–Trinajstić information content (AvgIpc) is 2.49. The minimum atomic E-state index is 0. The second kappa shape index (κ2) is 12.8. The zero-order valence-corrected chi connectivity index (χ0v) is 17.3. The molecule has 0 aromatic rings. The van der Waals surface area contributed by atoms with Crippen molar-refractivity contribution in [3.63, 3.8) is 0 Å². The Morgan fingerprint density at radius 2 is 1.78 bits per heavy atom. The summed E-state index contributed by atoms with van der Waals surface area (Å²) in [6, 6.07) is 0. The summed E-state index contributed by atoms with van der Waals surface area (Å²) in [6.07, 6.45) is 1.09. The molecule has 1 amide bonds. The summed E-state index contributed by atoms with van der Waals surface area (Å²) in [4.78, 5) is 20.1. The van der Waals surface area contributed by atoms with E-state index in [9.17, 15) is 4.79 Å². The highest BCUT2D eigenvalue weighted by Gasteiger charge is 2.20. The van der Waals surface area contributed by atoms with Crippen molar-refractivity contribution < 1.29 is 9.53 Å². The third-order valence-electron chi connectivity index (χ3n) is 3.70. The molecular formula is C16H33IN4O2. The highest BCUT2D eigenvalue weighted by atomic mass is 127. The van der Waals surface area contributed by atoms with Crippen LogP contribution in [-0.2, 0) is 9.53 Å². The molecule has 1 rings (SSSR count). The second-order valence-electron chi connectivity index (χ2n) is 6.02. The van der Waals surface area contributed by atoms with Gasteiger partial charge in [-0.3, -0.25) is 9.79 Å². The number of nitrogens with one attached hydrogen (secondary N) is 1. The molecule has 6 nitrogen and oxygen atoms in total. The van der Waals surface area contributed by atoms with Crippen molar-refractivity contribution in [3.05, 3.63) is 0 Å². The Labute approximate surface area is 158 Å². The summed E-state index contributed by atoms with van der Waals surface area (Å²) in [5.41, 5.74) is 0. The number of aliphatic imine (C=N–C) groups is 1. The SMILES string of the molecule is CCNC(=NCCOCCC(C)C)N1CCN(C(C)=O)CC1.I. The predicted octanol–water partition coefficient (Wildman–Crippen LogP) is 1.80. The molecule has 0 atom stereocenters. The summed E-state index contributed by atoms with van der Waals surface area (Å²) in [7, 11) is 0. The van der Waals surface area contributed by atoms with Gasteiger partial charge in [0.2, 0.25) is 5.91 Å². The minimum absolute atomic E-state index is 0. The van der Waals surface area contributed by atoms with Gasteiger partial charge >= 0.3 is 0 Å². The molecule has 7 heteroatoms. The molecule has 0 spiro atoms. The number of carbonyl (C=O) groups is 1.